The van der Waals surface area contributed by atoms with Gasteiger partial charge in [0.2, 0.25) is 0 Å². The van der Waals surface area contributed by atoms with Gasteiger partial charge in [-0.15, -0.1) is 0 Å². The standard InChI is InChI=1S/C11H22O4Si/c1-7-16(14-5,15-6)11(9(4)12)10(13)8(2)3/h8,11H,7H2,1-6H3. The maximum atomic E-state index is 12.1. The molecule has 0 saturated heterocycles. The van der Waals surface area contributed by atoms with E-state index in [1.54, 1.807) is 13.8 Å². The van der Waals surface area contributed by atoms with Crippen molar-refractivity contribution in [1.29, 1.82) is 0 Å². The van der Waals surface area contributed by atoms with E-state index in [1.807, 2.05) is 6.92 Å². The molecule has 0 aliphatic heterocycles. The normalized spacial score (nSPS) is 13.9. The summed E-state index contributed by atoms with van der Waals surface area (Å²) in [5, 5.41) is 0. The van der Waals surface area contributed by atoms with Gasteiger partial charge in [-0.25, -0.2) is 0 Å². The van der Waals surface area contributed by atoms with Gasteiger partial charge < -0.3 is 8.85 Å². The van der Waals surface area contributed by atoms with Crippen LogP contribution < -0.4 is 0 Å². The van der Waals surface area contributed by atoms with Gasteiger partial charge in [0.25, 0.3) is 0 Å². The minimum Gasteiger partial charge on any atom is -0.397 e. The summed E-state index contributed by atoms with van der Waals surface area (Å²) in [7, 11) is 0.298. The van der Waals surface area contributed by atoms with Crippen molar-refractivity contribution in [2.24, 2.45) is 5.92 Å². The first-order valence-corrected chi connectivity index (χ1v) is 7.60. The first-order valence-electron chi connectivity index (χ1n) is 5.50. The van der Waals surface area contributed by atoms with Gasteiger partial charge in [-0.1, -0.05) is 20.8 Å². The van der Waals surface area contributed by atoms with Crippen molar-refractivity contribution < 1.29 is 18.4 Å². The van der Waals surface area contributed by atoms with Gasteiger partial charge in [-0.2, -0.15) is 0 Å². The zero-order chi connectivity index (χ0) is 12.9. The zero-order valence-corrected chi connectivity index (χ0v) is 12.0. The van der Waals surface area contributed by atoms with E-state index in [0.29, 0.717) is 6.04 Å². The van der Waals surface area contributed by atoms with Crippen molar-refractivity contribution in [2.45, 2.75) is 39.3 Å². The molecule has 16 heavy (non-hydrogen) atoms. The van der Waals surface area contributed by atoms with E-state index in [-0.39, 0.29) is 17.5 Å². The summed E-state index contributed by atoms with van der Waals surface area (Å²) in [6, 6.07) is 0.586. The number of carbonyl (C=O) groups is 2. The van der Waals surface area contributed by atoms with Crippen molar-refractivity contribution >= 4 is 20.1 Å². The fourth-order valence-electron chi connectivity index (χ4n) is 1.87. The van der Waals surface area contributed by atoms with Crippen molar-refractivity contribution in [3.05, 3.63) is 0 Å². The van der Waals surface area contributed by atoms with Crippen LogP contribution in [-0.4, -0.2) is 34.3 Å². The average Bonchev–Trinajstić information content (AvgIpc) is 2.24. The molecule has 0 fully saturated rings. The first-order chi connectivity index (χ1) is 7.36. The molecule has 0 N–H and O–H groups in total. The van der Waals surface area contributed by atoms with Crippen LogP contribution in [0.2, 0.25) is 11.6 Å². The summed E-state index contributed by atoms with van der Waals surface area (Å²) in [6.45, 7) is 6.90. The Morgan fingerprint density at radius 1 is 1.19 bits per heavy atom. The third kappa shape index (κ3) is 2.99. The van der Waals surface area contributed by atoms with Crippen molar-refractivity contribution in [2.75, 3.05) is 14.2 Å². The van der Waals surface area contributed by atoms with Gasteiger partial charge in [0.05, 0.1) is 0 Å². The van der Waals surface area contributed by atoms with Crippen molar-refractivity contribution in [1.82, 2.24) is 0 Å². The largest absolute Gasteiger partial charge is 0.397 e. The predicted octanol–water partition coefficient (Wildman–Crippen LogP) is 1.93. The van der Waals surface area contributed by atoms with E-state index in [1.165, 1.54) is 21.1 Å². The third-order valence-corrected chi connectivity index (χ3v) is 6.82. The van der Waals surface area contributed by atoms with E-state index in [4.69, 9.17) is 8.85 Å². The van der Waals surface area contributed by atoms with Crippen LogP contribution in [0.25, 0.3) is 0 Å². The molecule has 0 rings (SSSR count). The van der Waals surface area contributed by atoms with E-state index in [9.17, 15) is 9.59 Å². The van der Waals surface area contributed by atoms with E-state index in [0.717, 1.165) is 0 Å². The molecule has 0 aromatic rings. The van der Waals surface area contributed by atoms with Crippen LogP contribution in [0.15, 0.2) is 0 Å². The molecule has 4 nitrogen and oxygen atoms in total. The molecule has 0 aromatic heterocycles. The van der Waals surface area contributed by atoms with E-state index in [2.05, 4.69) is 0 Å². The summed E-state index contributed by atoms with van der Waals surface area (Å²) in [6.07, 6.45) is 0. The van der Waals surface area contributed by atoms with Crippen LogP contribution in [0.3, 0.4) is 0 Å². The number of carbonyl (C=O) groups excluding carboxylic acids is 2. The molecular weight excluding hydrogens is 224 g/mol. The number of hydrogen-bond acceptors (Lipinski definition) is 4. The molecule has 0 heterocycles. The van der Waals surface area contributed by atoms with Gasteiger partial charge in [0.15, 0.2) is 0 Å². The summed E-state index contributed by atoms with van der Waals surface area (Å²) >= 11 is 0. The molecular formula is C11H22O4Si. The molecule has 0 aromatic carbocycles. The van der Waals surface area contributed by atoms with Gasteiger partial charge in [0.1, 0.15) is 17.1 Å². The fraction of sp³-hybridized carbons (Fsp3) is 0.818. The summed E-state index contributed by atoms with van der Waals surface area (Å²) < 4.78 is 10.8. The molecule has 5 heteroatoms. The number of hydrogen-bond donors (Lipinski definition) is 0. The topological polar surface area (TPSA) is 52.6 Å². The Labute approximate surface area is 98.6 Å². The molecule has 0 radical (unpaired) electrons. The lowest BCUT2D eigenvalue weighted by molar-refractivity contribution is -0.128. The second-order valence-corrected chi connectivity index (χ2v) is 7.90. The number of rotatable bonds is 7. The fourth-order valence-corrected chi connectivity index (χ4v) is 4.88. The van der Waals surface area contributed by atoms with Crippen LogP contribution in [0.5, 0.6) is 0 Å². The maximum Gasteiger partial charge on any atom is 0.355 e. The number of Topliss-reactive ketones (excluding diaryl/α,β-unsaturated/α-hetero) is 2. The van der Waals surface area contributed by atoms with Gasteiger partial charge in [0, 0.05) is 20.1 Å². The van der Waals surface area contributed by atoms with Gasteiger partial charge >= 0.3 is 8.56 Å². The molecule has 0 aliphatic carbocycles. The van der Waals surface area contributed by atoms with Crippen LogP contribution in [0, 0.1) is 5.92 Å². The minimum atomic E-state index is -2.73. The Kier molecular flexibility index (Phi) is 6.07. The highest BCUT2D eigenvalue weighted by Gasteiger charge is 2.50. The van der Waals surface area contributed by atoms with Crippen molar-refractivity contribution in [3.8, 4) is 0 Å². The molecule has 94 valence electrons. The molecule has 0 bridgehead atoms. The minimum absolute atomic E-state index is 0.0790. The van der Waals surface area contributed by atoms with Gasteiger partial charge in [-0.05, 0) is 13.0 Å². The first kappa shape index (κ1) is 15.5. The molecule has 0 aliphatic rings. The van der Waals surface area contributed by atoms with Crippen LogP contribution in [0.1, 0.15) is 27.7 Å². The average molecular weight is 246 g/mol. The highest BCUT2D eigenvalue weighted by molar-refractivity contribution is 6.76. The van der Waals surface area contributed by atoms with Gasteiger partial charge in [-0.3, -0.25) is 9.59 Å². The quantitative estimate of drug-likeness (QED) is 0.509. The van der Waals surface area contributed by atoms with Crippen molar-refractivity contribution in [3.63, 3.8) is 0 Å². The second kappa shape index (κ2) is 6.27. The smallest absolute Gasteiger partial charge is 0.355 e. The van der Waals surface area contributed by atoms with E-state index < -0.39 is 14.1 Å². The Bertz CT molecular complexity index is 250. The highest BCUT2D eigenvalue weighted by atomic mass is 28.4. The highest BCUT2D eigenvalue weighted by Crippen LogP contribution is 2.31. The summed E-state index contributed by atoms with van der Waals surface area (Å²) in [4.78, 5) is 23.7. The Morgan fingerprint density at radius 2 is 1.62 bits per heavy atom. The predicted molar refractivity (Wildman–Crippen MR) is 64.5 cm³/mol. The summed E-state index contributed by atoms with van der Waals surface area (Å²) in [5.74, 6) is -0.418. The molecule has 1 atom stereocenters. The maximum absolute atomic E-state index is 12.1. The molecule has 0 saturated carbocycles. The number of ketones is 2. The summed E-state index contributed by atoms with van der Waals surface area (Å²) in [5.41, 5.74) is -0.715. The van der Waals surface area contributed by atoms with Crippen LogP contribution in [-0.2, 0) is 18.4 Å². The van der Waals surface area contributed by atoms with Crippen LogP contribution >= 0.6 is 0 Å². The Hall–Kier alpha value is -0.523. The monoisotopic (exact) mass is 246 g/mol. The molecule has 0 amide bonds. The lowest BCUT2D eigenvalue weighted by Gasteiger charge is -2.32. The zero-order valence-electron chi connectivity index (χ0n) is 11.0. The lowest BCUT2D eigenvalue weighted by Crippen LogP contribution is -2.51. The molecule has 0 spiro atoms. The Balaban J connectivity index is 5.32. The SMILES string of the molecule is CC[Si](OC)(OC)C(C(C)=O)C(=O)C(C)C. The third-order valence-electron chi connectivity index (χ3n) is 2.88. The Morgan fingerprint density at radius 3 is 1.81 bits per heavy atom. The second-order valence-electron chi connectivity index (χ2n) is 4.17. The van der Waals surface area contributed by atoms with E-state index >= 15 is 0 Å². The lowest BCUT2D eigenvalue weighted by atomic mass is 10.0. The van der Waals surface area contributed by atoms with Crippen LogP contribution in [0.4, 0.5) is 0 Å². The molecule has 1 unspecified atom stereocenters.